The average Bonchev–Trinajstić information content (AvgIpc) is 2.38. The van der Waals surface area contributed by atoms with Gasteiger partial charge in [0, 0.05) is 0 Å². The van der Waals surface area contributed by atoms with Crippen LogP contribution in [-0.2, 0) is 19.0 Å². The molecule has 4 nitrogen and oxygen atoms in total. The van der Waals surface area contributed by atoms with Gasteiger partial charge in [-0.25, -0.2) is 0 Å². The van der Waals surface area contributed by atoms with Crippen molar-refractivity contribution in [2.45, 2.75) is 58.4 Å². The van der Waals surface area contributed by atoms with E-state index in [1.807, 2.05) is 0 Å². The summed E-state index contributed by atoms with van der Waals surface area (Å²) in [7, 11) is 0. The summed E-state index contributed by atoms with van der Waals surface area (Å²) in [6.45, 7) is 4.89. The van der Waals surface area contributed by atoms with Crippen LogP contribution >= 0.6 is 0 Å². The number of ether oxygens (including phenoxy) is 3. The maximum atomic E-state index is 13.2. The maximum absolute atomic E-state index is 13.2. The van der Waals surface area contributed by atoms with Crippen LogP contribution in [0.15, 0.2) is 0 Å². The molecule has 0 aromatic rings. The van der Waals surface area contributed by atoms with Gasteiger partial charge in [0.2, 0.25) is 0 Å². The number of rotatable bonds is 10. The zero-order valence-electron chi connectivity index (χ0n) is 12.2. The van der Waals surface area contributed by atoms with Crippen LogP contribution in [0.5, 0.6) is 0 Å². The molecule has 0 N–H and O–H groups in total. The van der Waals surface area contributed by atoms with Crippen LogP contribution in [0.1, 0.15) is 46.5 Å². The van der Waals surface area contributed by atoms with Crippen molar-refractivity contribution < 1.29 is 32.2 Å². The first kappa shape index (κ1) is 19.2. The quantitative estimate of drug-likeness (QED) is 0.458. The van der Waals surface area contributed by atoms with Crippen molar-refractivity contribution >= 4 is 5.97 Å². The Bertz CT molecular complexity index is 271. The van der Waals surface area contributed by atoms with Crippen LogP contribution in [0.2, 0.25) is 0 Å². The second-order valence-electron chi connectivity index (χ2n) is 4.34. The van der Waals surface area contributed by atoms with Gasteiger partial charge in [0.05, 0.1) is 19.8 Å². The van der Waals surface area contributed by atoms with Crippen LogP contribution in [-0.4, -0.2) is 37.8 Å². The molecule has 0 amide bonds. The van der Waals surface area contributed by atoms with Crippen molar-refractivity contribution in [1.82, 2.24) is 0 Å². The highest BCUT2D eigenvalue weighted by Gasteiger charge is 2.59. The fourth-order valence-corrected chi connectivity index (χ4v) is 1.40. The molecule has 7 heteroatoms. The van der Waals surface area contributed by atoms with E-state index in [2.05, 4.69) is 0 Å². The van der Waals surface area contributed by atoms with Gasteiger partial charge < -0.3 is 14.2 Å². The second-order valence-corrected chi connectivity index (χ2v) is 4.34. The topological polar surface area (TPSA) is 44.8 Å². The summed E-state index contributed by atoms with van der Waals surface area (Å²) in [6.07, 6.45) is -4.48. The van der Waals surface area contributed by atoms with Gasteiger partial charge in [0.1, 0.15) is 6.42 Å². The summed E-state index contributed by atoms with van der Waals surface area (Å²) in [6, 6.07) is 0. The first-order valence-electron chi connectivity index (χ1n) is 6.83. The fraction of sp³-hybridized carbons (Fsp3) is 0.923. The Balaban J connectivity index is 5.00. The number of carbonyl (C=O) groups is 1. The van der Waals surface area contributed by atoms with Gasteiger partial charge in [-0.1, -0.05) is 20.8 Å². The molecule has 0 aliphatic heterocycles. The van der Waals surface area contributed by atoms with Crippen LogP contribution < -0.4 is 0 Å². The fourth-order valence-electron chi connectivity index (χ4n) is 1.40. The minimum absolute atomic E-state index is 0.0777. The number of esters is 1. The molecule has 0 saturated heterocycles. The Labute approximate surface area is 117 Å². The predicted molar refractivity (Wildman–Crippen MR) is 67.1 cm³/mol. The Morgan fingerprint density at radius 3 is 1.70 bits per heavy atom. The Kier molecular flexibility index (Phi) is 8.80. The highest BCUT2D eigenvalue weighted by Crippen LogP contribution is 2.38. The van der Waals surface area contributed by atoms with Gasteiger partial charge in [0.25, 0.3) is 5.79 Å². The maximum Gasteiger partial charge on any atom is 0.443 e. The molecule has 0 spiro atoms. The van der Waals surface area contributed by atoms with E-state index in [0.717, 1.165) is 0 Å². The summed E-state index contributed by atoms with van der Waals surface area (Å²) in [4.78, 5) is 11.5. The molecule has 0 saturated carbocycles. The van der Waals surface area contributed by atoms with E-state index >= 15 is 0 Å². The number of hydrogen-bond donors (Lipinski definition) is 0. The second kappa shape index (κ2) is 9.18. The van der Waals surface area contributed by atoms with Gasteiger partial charge in [-0.2, -0.15) is 13.2 Å². The molecule has 0 aliphatic carbocycles. The van der Waals surface area contributed by atoms with E-state index in [9.17, 15) is 18.0 Å². The molecule has 0 rings (SSSR count). The van der Waals surface area contributed by atoms with Gasteiger partial charge >= 0.3 is 12.1 Å². The monoisotopic (exact) mass is 300 g/mol. The van der Waals surface area contributed by atoms with Crippen LogP contribution in [0.4, 0.5) is 13.2 Å². The van der Waals surface area contributed by atoms with E-state index in [-0.39, 0.29) is 19.8 Å². The van der Waals surface area contributed by atoms with Crippen LogP contribution in [0.25, 0.3) is 0 Å². The van der Waals surface area contributed by atoms with Crippen LogP contribution in [0.3, 0.4) is 0 Å². The molecule has 0 aromatic heterocycles. The van der Waals surface area contributed by atoms with Crippen molar-refractivity contribution in [2.24, 2.45) is 0 Å². The third kappa shape index (κ3) is 6.09. The molecule has 0 aromatic carbocycles. The molecule has 0 heterocycles. The van der Waals surface area contributed by atoms with Gasteiger partial charge in [0.15, 0.2) is 0 Å². The first-order chi connectivity index (χ1) is 9.33. The van der Waals surface area contributed by atoms with Gasteiger partial charge in [-0.15, -0.1) is 0 Å². The Morgan fingerprint density at radius 1 is 0.900 bits per heavy atom. The Hall–Kier alpha value is -0.820. The number of carbonyl (C=O) groups excluding carboxylic acids is 1. The molecule has 0 fully saturated rings. The van der Waals surface area contributed by atoms with E-state index in [0.29, 0.717) is 19.3 Å². The third-order valence-electron chi connectivity index (χ3n) is 2.35. The molecule has 0 unspecified atom stereocenters. The normalized spacial score (nSPS) is 12.5. The summed E-state index contributed by atoms with van der Waals surface area (Å²) in [5.74, 6) is -3.89. The lowest BCUT2D eigenvalue weighted by molar-refractivity contribution is -0.381. The molecule has 0 bridgehead atoms. The average molecular weight is 300 g/mol. The number of alkyl halides is 3. The summed E-state index contributed by atoms with van der Waals surface area (Å²) >= 11 is 0. The van der Waals surface area contributed by atoms with Crippen LogP contribution in [0, 0.1) is 0 Å². The van der Waals surface area contributed by atoms with E-state index in [1.165, 1.54) is 0 Å². The van der Waals surface area contributed by atoms with Crippen molar-refractivity contribution in [3.05, 3.63) is 0 Å². The summed E-state index contributed by atoms with van der Waals surface area (Å²) in [5, 5.41) is 0. The van der Waals surface area contributed by atoms with E-state index < -0.39 is 24.4 Å². The molecular formula is C13H23F3O4. The molecule has 120 valence electrons. The van der Waals surface area contributed by atoms with E-state index in [1.54, 1.807) is 20.8 Å². The highest BCUT2D eigenvalue weighted by atomic mass is 19.4. The summed E-state index contributed by atoms with van der Waals surface area (Å²) in [5.41, 5.74) is 0. The first-order valence-corrected chi connectivity index (χ1v) is 6.83. The van der Waals surface area contributed by atoms with Gasteiger partial charge in [-0.05, 0) is 19.3 Å². The molecule has 0 radical (unpaired) electrons. The van der Waals surface area contributed by atoms with Crippen molar-refractivity contribution in [3.8, 4) is 0 Å². The zero-order valence-corrected chi connectivity index (χ0v) is 12.2. The lowest BCUT2D eigenvalue weighted by Gasteiger charge is -2.34. The van der Waals surface area contributed by atoms with Gasteiger partial charge in [-0.3, -0.25) is 4.79 Å². The van der Waals surface area contributed by atoms with Crippen molar-refractivity contribution in [1.29, 1.82) is 0 Å². The number of halogens is 3. The highest BCUT2D eigenvalue weighted by molar-refractivity contribution is 5.70. The lowest BCUT2D eigenvalue weighted by atomic mass is 10.1. The minimum Gasteiger partial charge on any atom is -0.466 e. The Morgan fingerprint density at radius 2 is 1.35 bits per heavy atom. The SMILES string of the molecule is CCCOC(=O)CC(OCCC)(OCCC)C(F)(F)F. The third-order valence-corrected chi connectivity index (χ3v) is 2.35. The summed E-state index contributed by atoms with van der Waals surface area (Å²) < 4.78 is 54.1. The van der Waals surface area contributed by atoms with E-state index in [4.69, 9.17) is 14.2 Å². The number of hydrogen-bond acceptors (Lipinski definition) is 4. The largest absolute Gasteiger partial charge is 0.466 e. The predicted octanol–water partition coefficient (Wildman–Crippen LogP) is 3.44. The smallest absolute Gasteiger partial charge is 0.443 e. The standard InChI is InChI=1S/C13H23F3O4/c1-4-7-18-11(17)10-12(13(14,15)16,19-8-5-2)20-9-6-3/h4-10H2,1-3H3. The zero-order chi connectivity index (χ0) is 15.6. The molecule has 0 aliphatic rings. The molecular weight excluding hydrogens is 277 g/mol. The van der Waals surface area contributed by atoms with Crippen molar-refractivity contribution in [2.75, 3.05) is 19.8 Å². The molecule has 20 heavy (non-hydrogen) atoms. The van der Waals surface area contributed by atoms with Crippen molar-refractivity contribution in [3.63, 3.8) is 0 Å². The molecule has 0 atom stereocenters. The lowest BCUT2D eigenvalue weighted by Crippen LogP contribution is -2.52. The minimum atomic E-state index is -4.80.